The van der Waals surface area contributed by atoms with E-state index < -0.39 is 35.7 Å². The molecule has 2 unspecified atom stereocenters. The van der Waals surface area contributed by atoms with Gasteiger partial charge in [-0.3, -0.25) is 19.2 Å². The van der Waals surface area contributed by atoms with E-state index in [4.69, 9.17) is 9.47 Å². The van der Waals surface area contributed by atoms with Crippen LogP contribution in [0.15, 0.2) is 12.2 Å². The largest absolute Gasteiger partial charge is 0.393 e. The molecule has 0 spiro atoms. The molecule has 5 aliphatic carbocycles. The number of esters is 4. The van der Waals surface area contributed by atoms with Gasteiger partial charge in [-0.2, -0.15) is 0 Å². The van der Waals surface area contributed by atoms with Crippen molar-refractivity contribution in [1.82, 2.24) is 0 Å². The summed E-state index contributed by atoms with van der Waals surface area (Å²) in [5.41, 5.74) is 0. The van der Waals surface area contributed by atoms with Crippen molar-refractivity contribution in [2.45, 2.75) is 6.42 Å². The highest BCUT2D eigenvalue weighted by atomic mass is 16.6. The molecule has 0 amide bonds. The Labute approximate surface area is 131 Å². The van der Waals surface area contributed by atoms with Crippen LogP contribution in [0.25, 0.3) is 0 Å². The topological polar surface area (TPSA) is 86.7 Å². The lowest BCUT2D eigenvalue weighted by Crippen LogP contribution is -2.54. The molecule has 7 aliphatic rings. The molecule has 7 rings (SSSR count). The van der Waals surface area contributed by atoms with Gasteiger partial charge in [0.1, 0.15) is 0 Å². The maximum absolute atomic E-state index is 12.1. The first-order chi connectivity index (χ1) is 11.1. The Bertz CT molecular complexity index is 679. The van der Waals surface area contributed by atoms with Gasteiger partial charge in [-0.1, -0.05) is 12.2 Å². The maximum Gasteiger partial charge on any atom is 0.318 e. The number of carbonyl (C=O) groups is 4. The number of cyclic esters (lactones) is 4. The molecule has 0 aromatic carbocycles. The third-order valence-electron chi connectivity index (χ3n) is 7.44. The summed E-state index contributed by atoms with van der Waals surface area (Å²) in [5.74, 6) is -2.62. The van der Waals surface area contributed by atoms with Crippen LogP contribution in [-0.2, 0) is 28.7 Å². The van der Waals surface area contributed by atoms with E-state index in [1.165, 1.54) is 0 Å². The highest BCUT2D eigenvalue weighted by molar-refractivity contribution is 5.99. The van der Waals surface area contributed by atoms with E-state index >= 15 is 0 Å². The summed E-state index contributed by atoms with van der Waals surface area (Å²) >= 11 is 0. The summed E-state index contributed by atoms with van der Waals surface area (Å²) in [7, 11) is 0. The van der Waals surface area contributed by atoms with E-state index in [9.17, 15) is 19.2 Å². The van der Waals surface area contributed by atoms with Gasteiger partial charge in [0.25, 0.3) is 0 Å². The number of hydrogen-bond acceptors (Lipinski definition) is 6. The Morgan fingerprint density at radius 1 is 0.652 bits per heavy atom. The quantitative estimate of drug-likeness (QED) is 0.363. The summed E-state index contributed by atoms with van der Waals surface area (Å²) < 4.78 is 9.79. The summed E-state index contributed by atoms with van der Waals surface area (Å²) in [6, 6.07) is 0. The second-order valence-corrected chi connectivity index (χ2v) is 7.84. The van der Waals surface area contributed by atoms with Gasteiger partial charge < -0.3 is 9.47 Å². The molecule has 6 heteroatoms. The van der Waals surface area contributed by atoms with Gasteiger partial charge in [0.15, 0.2) is 0 Å². The number of allylic oxidation sites excluding steroid dienone is 2. The third kappa shape index (κ3) is 1.16. The first-order valence-corrected chi connectivity index (χ1v) is 8.27. The summed E-state index contributed by atoms with van der Waals surface area (Å²) in [4.78, 5) is 48.4. The Morgan fingerprint density at radius 3 is 1.48 bits per heavy atom. The van der Waals surface area contributed by atoms with Crippen LogP contribution in [0, 0.1) is 59.2 Å². The minimum atomic E-state index is -0.415. The minimum absolute atomic E-state index is 0.0478. The van der Waals surface area contributed by atoms with Crippen LogP contribution >= 0.6 is 0 Å². The fourth-order valence-corrected chi connectivity index (χ4v) is 7.02. The molecule has 23 heavy (non-hydrogen) atoms. The molecule has 2 aliphatic heterocycles. The van der Waals surface area contributed by atoms with Crippen LogP contribution in [0.3, 0.4) is 0 Å². The van der Waals surface area contributed by atoms with E-state index in [2.05, 4.69) is 0 Å². The second-order valence-electron chi connectivity index (χ2n) is 7.84. The van der Waals surface area contributed by atoms with Gasteiger partial charge in [-0.15, -0.1) is 0 Å². The predicted octanol–water partition coefficient (Wildman–Crippen LogP) is 0.316. The van der Waals surface area contributed by atoms with Crippen molar-refractivity contribution in [1.29, 1.82) is 0 Å². The van der Waals surface area contributed by atoms with Crippen LogP contribution in [0.4, 0.5) is 0 Å². The Morgan fingerprint density at radius 2 is 1.04 bits per heavy atom. The number of carbonyl (C=O) groups excluding carboxylic acids is 4. The molecule has 0 radical (unpaired) electrons. The van der Waals surface area contributed by atoms with Crippen LogP contribution in [0.2, 0.25) is 0 Å². The molecular weight excluding hydrogens is 300 g/mol. The zero-order valence-electron chi connectivity index (χ0n) is 12.1. The molecule has 3 saturated carbocycles. The zero-order chi connectivity index (χ0) is 15.6. The van der Waals surface area contributed by atoms with E-state index in [0.717, 1.165) is 6.42 Å². The minimum Gasteiger partial charge on any atom is -0.393 e. The molecule has 118 valence electrons. The SMILES string of the molecule is O=C1OC(=O)[C@H]2[C@@H]1[C@H]1C=C[C@@H]2C2C1[C@H]1C[C@@H]2[C@@H]2C(=O)OC(=O)[C@@H]21. The van der Waals surface area contributed by atoms with Gasteiger partial charge in [-0.05, 0) is 41.9 Å². The van der Waals surface area contributed by atoms with Crippen molar-refractivity contribution in [3.05, 3.63) is 12.2 Å². The predicted molar refractivity (Wildman–Crippen MR) is 70.9 cm³/mol. The lowest BCUT2D eigenvalue weighted by Gasteiger charge is -2.52. The van der Waals surface area contributed by atoms with Crippen molar-refractivity contribution in [2.24, 2.45) is 59.2 Å². The molecule has 2 heterocycles. The van der Waals surface area contributed by atoms with Gasteiger partial charge in [-0.25, -0.2) is 0 Å². The van der Waals surface area contributed by atoms with Crippen molar-refractivity contribution in [3.8, 4) is 0 Å². The number of hydrogen-bond donors (Lipinski definition) is 0. The molecular formula is C17H14O6. The van der Waals surface area contributed by atoms with Gasteiger partial charge in [0.05, 0.1) is 23.7 Å². The fraction of sp³-hybridized carbons (Fsp3) is 0.647. The molecule has 10 atom stereocenters. The Hall–Kier alpha value is -1.98. The molecule has 0 aromatic heterocycles. The maximum atomic E-state index is 12.1. The Kier molecular flexibility index (Phi) is 1.93. The molecule has 2 saturated heterocycles. The normalized spacial score (nSPS) is 57.4. The molecule has 5 fully saturated rings. The zero-order valence-corrected chi connectivity index (χ0v) is 12.1. The van der Waals surface area contributed by atoms with Crippen molar-refractivity contribution >= 4 is 23.9 Å². The standard InChI is InChI=1S/C17H14O6/c18-14-10-4-1-2-5(11(10)15(19)22-14)9-7-3-6(8(4)9)12-13(7)17(21)23-16(12)20/h1-2,4-13H,3H2/t4-,5+,6+,7-,8?,9?,10-,11+,12+,13-. The monoisotopic (exact) mass is 314 g/mol. The van der Waals surface area contributed by atoms with E-state index in [1.54, 1.807) is 0 Å². The lowest BCUT2D eigenvalue weighted by atomic mass is 9.48. The molecule has 0 N–H and O–H groups in total. The molecule has 6 nitrogen and oxygen atoms in total. The van der Waals surface area contributed by atoms with Crippen LogP contribution in [0.1, 0.15) is 6.42 Å². The first-order valence-electron chi connectivity index (χ1n) is 8.27. The van der Waals surface area contributed by atoms with Crippen LogP contribution < -0.4 is 0 Å². The van der Waals surface area contributed by atoms with E-state index in [-0.39, 0.29) is 47.3 Å². The van der Waals surface area contributed by atoms with Gasteiger partial charge >= 0.3 is 23.9 Å². The summed E-state index contributed by atoms with van der Waals surface area (Å²) in [6.45, 7) is 0. The Balaban J connectivity index is 1.49. The first kappa shape index (κ1) is 12.4. The fourth-order valence-electron chi connectivity index (χ4n) is 7.02. The van der Waals surface area contributed by atoms with E-state index in [0.29, 0.717) is 0 Å². The van der Waals surface area contributed by atoms with Crippen molar-refractivity contribution in [3.63, 3.8) is 0 Å². The second kappa shape index (κ2) is 3.57. The lowest BCUT2D eigenvalue weighted by molar-refractivity contribution is -0.155. The average molecular weight is 314 g/mol. The summed E-state index contributed by atoms with van der Waals surface area (Å²) in [5, 5.41) is 0. The van der Waals surface area contributed by atoms with Crippen LogP contribution in [0.5, 0.6) is 0 Å². The highest BCUT2D eigenvalue weighted by Crippen LogP contribution is 2.70. The summed E-state index contributed by atoms with van der Waals surface area (Å²) in [6.07, 6.45) is 4.93. The number of fused-ring (bicyclic) bond motifs is 5. The average Bonchev–Trinajstić information content (AvgIpc) is 3.24. The molecule has 4 bridgehead atoms. The van der Waals surface area contributed by atoms with Crippen molar-refractivity contribution in [2.75, 3.05) is 0 Å². The highest BCUT2D eigenvalue weighted by Gasteiger charge is 2.74. The number of rotatable bonds is 0. The van der Waals surface area contributed by atoms with Crippen LogP contribution in [-0.4, -0.2) is 23.9 Å². The smallest absolute Gasteiger partial charge is 0.318 e. The van der Waals surface area contributed by atoms with Gasteiger partial charge in [0.2, 0.25) is 0 Å². The van der Waals surface area contributed by atoms with Crippen molar-refractivity contribution < 1.29 is 28.7 Å². The van der Waals surface area contributed by atoms with Gasteiger partial charge in [0, 0.05) is 0 Å². The molecule has 0 aromatic rings. The third-order valence-corrected chi connectivity index (χ3v) is 7.44. The van der Waals surface area contributed by atoms with E-state index in [1.807, 2.05) is 12.2 Å². The number of ether oxygens (including phenoxy) is 2.